The lowest BCUT2D eigenvalue weighted by molar-refractivity contribution is 0.620. The van der Waals surface area contributed by atoms with Gasteiger partial charge in [0, 0.05) is 22.0 Å². The first kappa shape index (κ1) is 27.4. The molecule has 9 rings (SSSR count). The molecule has 0 unspecified atom stereocenters. The van der Waals surface area contributed by atoms with Crippen LogP contribution in [0.4, 0.5) is 0 Å². The van der Waals surface area contributed by atoms with E-state index in [0.717, 1.165) is 27.9 Å². The van der Waals surface area contributed by atoms with Crippen molar-refractivity contribution in [1.29, 1.82) is 0 Å². The van der Waals surface area contributed by atoms with E-state index in [1.807, 2.05) is 18.2 Å². The minimum absolute atomic E-state index is 0.558. The highest BCUT2D eigenvalue weighted by atomic mass is 35.5. The largest absolute Gasteiger partial charge is 0.435 e. The third-order valence-electron chi connectivity index (χ3n) is 8.95. The van der Waals surface area contributed by atoms with Crippen LogP contribution in [0.5, 0.6) is 0 Å². The van der Waals surface area contributed by atoms with Crippen LogP contribution in [0.25, 0.3) is 83.4 Å². The Morgan fingerprint density at radius 1 is 0.468 bits per heavy atom. The maximum absolute atomic E-state index is 6.34. The van der Waals surface area contributed by atoms with Crippen molar-refractivity contribution in [2.24, 2.45) is 0 Å². The molecule has 7 aromatic carbocycles. The number of halogens is 1. The molecule has 222 valence electrons. The van der Waals surface area contributed by atoms with Gasteiger partial charge in [0.05, 0.1) is 16.1 Å². The smallest absolute Gasteiger partial charge is 0.227 e. The van der Waals surface area contributed by atoms with Crippen molar-refractivity contribution in [3.05, 3.63) is 169 Å². The Morgan fingerprint density at radius 3 is 1.81 bits per heavy atom. The first-order valence-electron chi connectivity index (χ1n) is 15.7. The second-order valence-corrected chi connectivity index (χ2v) is 12.1. The lowest BCUT2D eigenvalue weighted by Crippen LogP contribution is -1.93. The van der Waals surface area contributed by atoms with Crippen LogP contribution in [0, 0.1) is 0 Å². The second kappa shape index (κ2) is 11.2. The highest BCUT2D eigenvalue weighted by molar-refractivity contribution is 6.34. The zero-order valence-corrected chi connectivity index (χ0v) is 26.0. The summed E-state index contributed by atoms with van der Waals surface area (Å²) >= 11 is 6.34. The average molecular weight is 623 g/mol. The van der Waals surface area contributed by atoms with Crippen LogP contribution in [-0.2, 0) is 0 Å². The first-order chi connectivity index (χ1) is 23.2. The molecule has 0 bridgehead atoms. The van der Waals surface area contributed by atoms with Crippen LogP contribution in [-0.4, -0.2) is 9.55 Å². The molecule has 0 saturated heterocycles. The number of rotatable bonds is 5. The van der Waals surface area contributed by atoms with Crippen molar-refractivity contribution in [2.45, 2.75) is 0 Å². The van der Waals surface area contributed by atoms with Gasteiger partial charge in [-0.1, -0.05) is 121 Å². The van der Waals surface area contributed by atoms with Crippen LogP contribution >= 0.6 is 11.6 Å². The van der Waals surface area contributed by atoms with Crippen molar-refractivity contribution in [1.82, 2.24) is 9.55 Å². The van der Waals surface area contributed by atoms with E-state index in [1.54, 1.807) is 0 Å². The van der Waals surface area contributed by atoms with Crippen molar-refractivity contribution < 1.29 is 4.42 Å². The summed E-state index contributed by atoms with van der Waals surface area (Å²) < 4.78 is 8.38. The molecule has 0 fully saturated rings. The van der Waals surface area contributed by atoms with Gasteiger partial charge in [-0.25, -0.2) is 4.98 Å². The molecule has 3 nitrogen and oxygen atoms in total. The molecule has 0 N–H and O–H groups in total. The summed E-state index contributed by atoms with van der Waals surface area (Å²) in [5.41, 5.74) is 12.8. The van der Waals surface area contributed by atoms with E-state index in [0.29, 0.717) is 16.5 Å². The van der Waals surface area contributed by atoms with Crippen LogP contribution < -0.4 is 0 Å². The van der Waals surface area contributed by atoms with Crippen molar-refractivity contribution in [2.75, 3.05) is 0 Å². The minimum Gasteiger partial charge on any atom is -0.435 e. The Kier molecular flexibility index (Phi) is 6.51. The molecule has 0 aliphatic heterocycles. The maximum atomic E-state index is 6.34. The summed E-state index contributed by atoms with van der Waals surface area (Å²) in [6, 6.07) is 57.4. The topological polar surface area (TPSA) is 31.0 Å². The Balaban J connectivity index is 1.14. The molecule has 9 aromatic rings. The predicted octanol–water partition coefficient (Wildman–Crippen LogP) is 12.2. The molecular formula is C43H27ClN2O. The van der Waals surface area contributed by atoms with Crippen molar-refractivity contribution in [3.8, 4) is 50.5 Å². The fourth-order valence-electron chi connectivity index (χ4n) is 6.77. The fourth-order valence-corrected chi connectivity index (χ4v) is 6.97. The van der Waals surface area contributed by atoms with Gasteiger partial charge in [0.1, 0.15) is 5.52 Å². The molecule has 0 atom stereocenters. The SMILES string of the molecule is Clc1cccc2nc(-c3ccc(-c4ccccc4-c4ccccc4-c4ccc5c(c4)c4ccccc4n5-c4ccccc4)cc3)oc12. The fraction of sp³-hybridized carbons (Fsp3) is 0. The van der Waals surface area contributed by atoms with E-state index in [4.69, 9.17) is 16.0 Å². The molecule has 0 amide bonds. The summed E-state index contributed by atoms with van der Waals surface area (Å²) in [4.78, 5) is 4.66. The summed E-state index contributed by atoms with van der Waals surface area (Å²) in [6.45, 7) is 0. The summed E-state index contributed by atoms with van der Waals surface area (Å²) in [5.74, 6) is 0.558. The van der Waals surface area contributed by atoms with E-state index >= 15 is 0 Å². The first-order valence-corrected chi connectivity index (χ1v) is 16.0. The molecular weight excluding hydrogens is 596 g/mol. The molecule has 2 aromatic heterocycles. The van der Waals surface area contributed by atoms with Gasteiger partial charge in [0.2, 0.25) is 5.89 Å². The van der Waals surface area contributed by atoms with Crippen LogP contribution in [0.15, 0.2) is 168 Å². The zero-order valence-electron chi connectivity index (χ0n) is 25.3. The van der Waals surface area contributed by atoms with Gasteiger partial charge in [-0.15, -0.1) is 0 Å². The molecule has 47 heavy (non-hydrogen) atoms. The molecule has 0 aliphatic carbocycles. The average Bonchev–Trinajstić information content (AvgIpc) is 3.73. The van der Waals surface area contributed by atoms with E-state index in [9.17, 15) is 0 Å². The summed E-state index contributed by atoms with van der Waals surface area (Å²) in [5, 5.41) is 3.04. The lowest BCUT2D eigenvalue weighted by Gasteiger charge is -2.15. The van der Waals surface area contributed by atoms with Crippen molar-refractivity contribution >= 4 is 44.5 Å². The van der Waals surface area contributed by atoms with E-state index in [1.165, 1.54) is 44.1 Å². The molecule has 0 radical (unpaired) electrons. The Bertz CT molecular complexity index is 2580. The number of nitrogens with zero attached hydrogens (tertiary/aromatic N) is 2. The number of fused-ring (bicyclic) bond motifs is 4. The standard InChI is InChI=1S/C43H27ClN2O/c44-38-18-10-19-39-42(38)47-43(45-39)29-23-21-28(22-24-29)32-13-4-6-15-34(32)35-16-7-5-14-33(35)30-25-26-41-37(27-30)36-17-8-9-20-40(36)46(41)31-11-2-1-3-12-31/h1-27H. The molecule has 2 heterocycles. The molecule has 0 aliphatic rings. The van der Waals surface area contributed by atoms with Gasteiger partial charge in [-0.3, -0.25) is 0 Å². The van der Waals surface area contributed by atoms with Crippen LogP contribution in [0.1, 0.15) is 0 Å². The Labute approximate surface area is 276 Å². The minimum atomic E-state index is 0.558. The van der Waals surface area contributed by atoms with Gasteiger partial charge < -0.3 is 8.98 Å². The number of para-hydroxylation sites is 3. The van der Waals surface area contributed by atoms with Gasteiger partial charge in [0.25, 0.3) is 0 Å². The van der Waals surface area contributed by atoms with E-state index in [2.05, 4.69) is 155 Å². The van der Waals surface area contributed by atoms with Gasteiger partial charge in [-0.2, -0.15) is 0 Å². The molecule has 4 heteroatoms. The number of benzene rings is 7. The number of hydrogen-bond donors (Lipinski definition) is 0. The normalized spacial score (nSPS) is 11.5. The number of hydrogen-bond acceptors (Lipinski definition) is 2. The maximum Gasteiger partial charge on any atom is 0.227 e. The van der Waals surface area contributed by atoms with E-state index < -0.39 is 0 Å². The monoisotopic (exact) mass is 622 g/mol. The number of oxazole rings is 1. The Morgan fingerprint density at radius 2 is 1.06 bits per heavy atom. The second-order valence-electron chi connectivity index (χ2n) is 11.7. The van der Waals surface area contributed by atoms with Crippen LogP contribution in [0.3, 0.4) is 0 Å². The Hall–Kier alpha value is -5.90. The third-order valence-corrected chi connectivity index (χ3v) is 9.25. The quantitative estimate of drug-likeness (QED) is 0.191. The highest BCUT2D eigenvalue weighted by Crippen LogP contribution is 2.41. The number of aromatic nitrogens is 2. The van der Waals surface area contributed by atoms with Gasteiger partial charge in [0.15, 0.2) is 5.58 Å². The summed E-state index contributed by atoms with van der Waals surface area (Å²) in [6.07, 6.45) is 0. The highest BCUT2D eigenvalue weighted by Gasteiger charge is 2.17. The van der Waals surface area contributed by atoms with Crippen molar-refractivity contribution in [3.63, 3.8) is 0 Å². The molecule has 0 spiro atoms. The van der Waals surface area contributed by atoms with Crippen LogP contribution in [0.2, 0.25) is 5.02 Å². The third kappa shape index (κ3) is 4.63. The predicted molar refractivity (Wildman–Crippen MR) is 195 cm³/mol. The van der Waals surface area contributed by atoms with Gasteiger partial charge in [-0.05, 0) is 88.0 Å². The van der Waals surface area contributed by atoms with Gasteiger partial charge >= 0.3 is 0 Å². The summed E-state index contributed by atoms with van der Waals surface area (Å²) in [7, 11) is 0. The zero-order chi connectivity index (χ0) is 31.3. The lowest BCUT2D eigenvalue weighted by atomic mass is 9.89. The molecule has 0 saturated carbocycles. The van der Waals surface area contributed by atoms with E-state index in [-0.39, 0.29) is 0 Å².